The van der Waals surface area contributed by atoms with Crippen LogP contribution in [0.4, 0.5) is 4.39 Å². The van der Waals surface area contributed by atoms with Gasteiger partial charge in [0.2, 0.25) is 0 Å². The van der Waals surface area contributed by atoms with E-state index in [1.54, 1.807) is 12.1 Å². The molecule has 14 heavy (non-hydrogen) atoms. The summed E-state index contributed by atoms with van der Waals surface area (Å²) in [7, 11) is 0. The quantitative estimate of drug-likeness (QED) is 0.729. The molecule has 1 aromatic carbocycles. The minimum Gasteiger partial charge on any atom is -0.324 e. The highest BCUT2D eigenvalue weighted by Crippen LogP contribution is 2.31. The average molecular weight is 193 g/mol. The molecular weight excluding hydrogens is 177 g/mol. The Morgan fingerprint density at radius 2 is 2.29 bits per heavy atom. The fourth-order valence-corrected chi connectivity index (χ4v) is 2.37. The zero-order valence-corrected chi connectivity index (χ0v) is 8.52. The molecule has 0 spiro atoms. The molecule has 0 saturated heterocycles. The zero-order chi connectivity index (χ0) is 10.1. The third kappa shape index (κ3) is 1.55. The number of nitrogens with two attached hydrogens (primary N) is 1. The Morgan fingerprint density at radius 3 is 3.00 bits per heavy atom. The van der Waals surface area contributed by atoms with Gasteiger partial charge in [0.1, 0.15) is 5.82 Å². The first-order valence-electron chi connectivity index (χ1n) is 5.29. The van der Waals surface area contributed by atoms with Crippen molar-refractivity contribution in [3.8, 4) is 0 Å². The number of benzene rings is 1. The van der Waals surface area contributed by atoms with Crippen LogP contribution in [0.2, 0.25) is 0 Å². The van der Waals surface area contributed by atoms with Gasteiger partial charge in [0.15, 0.2) is 0 Å². The van der Waals surface area contributed by atoms with E-state index in [9.17, 15) is 4.39 Å². The summed E-state index contributed by atoms with van der Waals surface area (Å²) < 4.78 is 13.2. The van der Waals surface area contributed by atoms with Gasteiger partial charge in [-0.2, -0.15) is 0 Å². The van der Waals surface area contributed by atoms with E-state index in [-0.39, 0.29) is 11.9 Å². The molecule has 0 amide bonds. The first-order valence-corrected chi connectivity index (χ1v) is 5.29. The number of fused-ring (bicyclic) bond motifs is 1. The predicted octanol–water partition coefficient (Wildman–Crippen LogP) is 2.72. The third-order valence-corrected chi connectivity index (χ3v) is 3.03. The number of aryl methyl sites for hydroxylation is 2. The Labute approximate surface area is 84.1 Å². The van der Waals surface area contributed by atoms with Gasteiger partial charge in [-0.25, -0.2) is 4.39 Å². The van der Waals surface area contributed by atoms with Crippen LogP contribution in [0.25, 0.3) is 0 Å². The fraction of sp³-hybridized carbons (Fsp3) is 0.500. The summed E-state index contributed by atoms with van der Waals surface area (Å²) in [4.78, 5) is 0. The van der Waals surface area contributed by atoms with Gasteiger partial charge >= 0.3 is 0 Å². The van der Waals surface area contributed by atoms with E-state index in [0.717, 1.165) is 36.8 Å². The number of rotatable bonds is 1. The predicted molar refractivity (Wildman–Crippen MR) is 55.6 cm³/mol. The molecule has 1 nitrogen and oxygen atoms in total. The topological polar surface area (TPSA) is 26.0 Å². The van der Waals surface area contributed by atoms with Crippen molar-refractivity contribution in [1.82, 2.24) is 0 Å². The highest BCUT2D eigenvalue weighted by atomic mass is 19.1. The van der Waals surface area contributed by atoms with Crippen LogP contribution in [0.5, 0.6) is 0 Å². The van der Waals surface area contributed by atoms with Crippen molar-refractivity contribution in [2.45, 2.75) is 38.6 Å². The molecule has 0 aromatic heterocycles. The van der Waals surface area contributed by atoms with Crippen LogP contribution >= 0.6 is 0 Å². The van der Waals surface area contributed by atoms with Gasteiger partial charge in [0, 0.05) is 6.04 Å². The summed E-state index contributed by atoms with van der Waals surface area (Å²) in [6.45, 7) is 2.05. The largest absolute Gasteiger partial charge is 0.324 e. The molecule has 0 bridgehead atoms. The zero-order valence-electron chi connectivity index (χ0n) is 8.52. The summed E-state index contributed by atoms with van der Waals surface area (Å²) in [6, 6.07) is 3.40. The van der Waals surface area contributed by atoms with Crippen LogP contribution in [-0.4, -0.2) is 0 Å². The Balaban J connectivity index is 2.55. The van der Waals surface area contributed by atoms with E-state index in [1.807, 2.05) is 0 Å². The molecule has 0 aliphatic heterocycles. The van der Waals surface area contributed by atoms with Gasteiger partial charge in [-0.05, 0) is 54.5 Å². The lowest BCUT2D eigenvalue weighted by Gasteiger charge is -2.25. The second kappa shape index (κ2) is 3.70. The minimum absolute atomic E-state index is 0.116. The van der Waals surface area contributed by atoms with Crippen LogP contribution in [0, 0.1) is 5.82 Å². The molecule has 1 atom stereocenters. The number of hydrogen-bond donors (Lipinski definition) is 1. The maximum atomic E-state index is 13.2. The van der Waals surface area contributed by atoms with E-state index in [2.05, 4.69) is 6.92 Å². The second-order valence-electron chi connectivity index (χ2n) is 3.99. The molecule has 1 aliphatic carbocycles. The van der Waals surface area contributed by atoms with Crippen LogP contribution in [0.3, 0.4) is 0 Å². The highest BCUT2D eigenvalue weighted by Gasteiger charge is 2.20. The fourth-order valence-electron chi connectivity index (χ4n) is 2.37. The molecule has 0 fully saturated rings. The van der Waals surface area contributed by atoms with Crippen LogP contribution in [0.15, 0.2) is 12.1 Å². The molecule has 2 heteroatoms. The lowest BCUT2D eigenvalue weighted by atomic mass is 9.84. The molecular formula is C12H16FN. The second-order valence-corrected chi connectivity index (χ2v) is 3.99. The molecule has 0 radical (unpaired) electrons. The van der Waals surface area contributed by atoms with Crippen molar-refractivity contribution in [2.24, 2.45) is 5.73 Å². The molecule has 76 valence electrons. The SMILES string of the molecule is CCc1cc(F)cc2c1[C@@H](N)CCC2. The van der Waals surface area contributed by atoms with Crippen molar-refractivity contribution in [1.29, 1.82) is 0 Å². The van der Waals surface area contributed by atoms with E-state index in [4.69, 9.17) is 5.73 Å². The third-order valence-electron chi connectivity index (χ3n) is 3.03. The average Bonchev–Trinajstić information content (AvgIpc) is 2.16. The summed E-state index contributed by atoms with van der Waals surface area (Å²) in [6.07, 6.45) is 3.97. The monoisotopic (exact) mass is 193 g/mol. The van der Waals surface area contributed by atoms with Crippen LogP contribution < -0.4 is 5.73 Å². The lowest BCUT2D eigenvalue weighted by molar-refractivity contribution is 0.553. The van der Waals surface area contributed by atoms with Crippen LogP contribution in [0.1, 0.15) is 42.5 Å². The summed E-state index contributed by atoms with van der Waals surface area (Å²) >= 11 is 0. The maximum absolute atomic E-state index is 13.2. The van der Waals surface area contributed by atoms with Crippen molar-refractivity contribution >= 4 is 0 Å². The van der Waals surface area contributed by atoms with Gasteiger partial charge in [0.05, 0.1) is 0 Å². The van der Waals surface area contributed by atoms with Gasteiger partial charge in [-0.15, -0.1) is 0 Å². The first-order chi connectivity index (χ1) is 6.72. The Bertz CT molecular complexity index is 329. The lowest BCUT2D eigenvalue weighted by Crippen LogP contribution is -2.19. The summed E-state index contributed by atoms with van der Waals surface area (Å²) in [5, 5.41) is 0. The molecule has 0 unspecified atom stereocenters. The summed E-state index contributed by atoms with van der Waals surface area (Å²) in [5.74, 6) is -0.116. The van der Waals surface area contributed by atoms with Crippen LogP contribution in [-0.2, 0) is 12.8 Å². The molecule has 1 aliphatic rings. The molecule has 2 rings (SSSR count). The van der Waals surface area contributed by atoms with Gasteiger partial charge in [-0.1, -0.05) is 6.92 Å². The van der Waals surface area contributed by atoms with Crippen molar-refractivity contribution in [3.05, 3.63) is 34.6 Å². The van der Waals surface area contributed by atoms with Crippen molar-refractivity contribution in [2.75, 3.05) is 0 Å². The number of halogens is 1. The first kappa shape index (κ1) is 9.66. The Kier molecular flexibility index (Phi) is 2.55. The van der Waals surface area contributed by atoms with Crippen molar-refractivity contribution in [3.63, 3.8) is 0 Å². The van der Waals surface area contributed by atoms with Gasteiger partial charge < -0.3 is 5.73 Å². The van der Waals surface area contributed by atoms with E-state index >= 15 is 0 Å². The standard InChI is InChI=1S/C12H16FN/c1-2-8-6-10(13)7-9-4-3-5-11(14)12(8)9/h6-7,11H,2-5,14H2,1H3/t11-/m0/s1. The summed E-state index contributed by atoms with van der Waals surface area (Å²) in [5.41, 5.74) is 9.47. The van der Waals surface area contributed by atoms with E-state index < -0.39 is 0 Å². The highest BCUT2D eigenvalue weighted by molar-refractivity contribution is 5.39. The molecule has 0 heterocycles. The molecule has 2 N–H and O–H groups in total. The van der Waals surface area contributed by atoms with E-state index in [0.29, 0.717) is 0 Å². The molecule has 0 saturated carbocycles. The molecule has 1 aromatic rings. The maximum Gasteiger partial charge on any atom is 0.123 e. The normalized spacial score (nSPS) is 20.6. The Hall–Kier alpha value is -0.890. The smallest absolute Gasteiger partial charge is 0.123 e. The minimum atomic E-state index is -0.116. The Morgan fingerprint density at radius 1 is 1.50 bits per heavy atom. The van der Waals surface area contributed by atoms with Gasteiger partial charge in [-0.3, -0.25) is 0 Å². The van der Waals surface area contributed by atoms with Crippen molar-refractivity contribution < 1.29 is 4.39 Å². The van der Waals surface area contributed by atoms with Gasteiger partial charge in [0.25, 0.3) is 0 Å². The number of hydrogen-bond acceptors (Lipinski definition) is 1. The van der Waals surface area contributed by atoms with E-state index in [1.165, 1.54) is 5.56 Å².